The van der Waals surface area contributed by atoms with Crippen LogP contribution >= 0.6 is 0 Å². The molecule has 3 aromatic rings. The number of aromatic amines is 1. The number of H-pyrrole nitrogens is 1. The molecule has 0 bridgehead atoms. The molecule has 0 spiro atoms. The van der Waals surface area contributed by atoms with E-state index in [0.717, 1.165) is 22.4 Å². The number of pyridine rings is 1. The molecular formula is C17H18N4O2. The van der Waals surface area contributed by atoms with Crippen LogP contribution in [0.25, 0.3) is 22.3 Å². The lowest BCUT2D eigenvalue weighted by atomic mass is 10.1. The van der Waals surface area contributed by atoms with Crippen molar-refractivity contribution in [1.82, 2.24) is 15.2 Å². The van der Waals surface area contributed by atoms with E-state index < -0.39 is 0 Å². The maximum absolute atomic E-state index is 11.8. The van der Waals surface area contributed by atoms with E-state index in [2.05, 4.69) is 20.5 Å². The van der Waals surface area contributed by atoms with Gasteiger partial charge in [-0.25, -0.2) is 4.98 Å². The molecule has 0 unspecified atom stereocenters. The van der Waals surface area contributed by atoms with E-state index in [-0.39, 0.29) is 11.8 Å². The number of fused-ring (bicyclic) bond motifs is 1. The fourth-order valence-corrected chi connectivity index (χ4v) is 2.20. The standard InChI is InChI=1S/C17H18N4O2/c1-10(2)17(22)19-16-13-7-8-14(18-15(13)20-21-16)11-5-4-6-12(9-11)23-3/h4-10H,1-3H3,(H2,18,19,20,21,22). The third-order valence-corrected chi connectivity index (χ3v) is 3.56. The van der Waals surface area contributed by atoms with Crippen molar-refractivity contribution in [3.63, 3.8) is 0 Å². The van der Waals surface area contributed by atoms with E-state index in [0.29, 0.717) is 11.5 Å². The molecule has 3 rings (SSSR count). The number of amides is 1. The molecule has 6 nitrogen and oxygen atoms in total. The van der Waals surface area contributed by atoms with E-state index in [1.807, 2.05) is 50.2 Å². The Bertz CT molecular complexity index is 855. The number of hydrogen-bond acceptors (Lipinski definition) is 4. The molecule has 1 aromatic carbocycles. The highest BCUT2D eigenvalue weighted by Gasteiger charge is 2.13. The van der Waals surface area contributed by atoms with Crippen molar-refractivity contribution in [2.75, 3.05) is 12.4 Å². The molecule has 2 heterocycles. The predicted octanol–water partition coefficient (Wildman–Crippen LogP) is 3.23. The highest BCUT2D eigenvalue weighted by Crippen LogP contribution is 2.26. The van der Waals surface area contributed by atoms with Crippen molar-refractivity contribution in [2.24, 2.45) is 5.92 Å². The Morgan fingerprint density at radius 2 is 2.09 bits per heavy atom. The summed E-state index contributed by atoms with van der Waals surface area (Å²) in [6.45, 7) is 3.67. The van der Waals surface area contributed by atoms with E-state index in [9.17, 15) is 4.79 Å². The number of rotatable bonds is 4. The smallest absolute Gasteiger partial charge is 0.228 e. The topological polar surface area (TPSA) is 79.9 Å². The van der Waals surface area contributed by atoms with Gasteiger partial charge in [0.25, 0.3) is 0 Å². The van der Waals surface area contributed by atoms with E-state index >= 15 is 0 Å². The first-order valence-corrected chi connectivity index (χ1v) is 7.39. The van der Waals surface area contributed by atoms with Gasteiger partial charge < -0.3 is 10.1 Å². The molecule has 0 aliphatic carbocycles. The summed E-state index contributed by atoms with van der Waals surface area (Å²) < 4.78 is 5.24. The number of methoxy groups -OCH3 is 1. The minimum absolute atomic E-state index is 0.0738. The number of nitrogens with one attached hydrogen (secondary N) is 2. The number of benzene rings is 1. The third kappa shape index (κ3) is 3.01. The second-order valence-electron chi connectivity index (χ2n) is 5.54. The molecule has 0 atom stereocenters. The van der Waals surface area contributed by atoms with E-state index in [4.69, 9.17) is 4.74 Å². The van der Waals surface area contributed by atoms with Gasteiger partial charge in [-0.2, -0.15) is 5.10 Å². The van der Waals surface area contributed by atoms with Gasteiger partial charge in [-0.3, -0.25) is 9.89 Å². The van der Waals surface area contributed by atoms with Crippen LogP contribution in [0.15, 0.2) is 36.4 Å². The number of carbonyl (C=O) groups excluding carboxylic acids is 1. The van der Waals surface area contributed by atoms with Gasteiger partial charge >= 0.3 is 0 Å². The lowest BCUT2D eigenvalue weighted by Crippen LogP contribution is -2.18. The molecule has 2 N–H and O–H groups in total. The summed E-state index contributed by atoms with van der Waals surface area (Å²) in [4.78, 5) is 16.4. The second kappa shape index (κ2) is 6.08. The minimum Gasteiger partial charge on any atom is -0.497 e. The molecule has 1 amide bonds. The third-order valence-electron chi connectivity index (χ3n) is 3.56. The maximum atomic E-state index is 11.8. The summed E-state index contributed by atoms with van der Waals surface area (Å²) in [7, 11) is 1.63. The minimum atomic E-state index is -0.106. The highest BCUT2D eigenvalue weighted by atomic mass is 16.5. The molecule has 2 aromatic heterocycles. The zero-order valence-electron chi connectivity index (χ0n) is 13.3. The van der Waals surface area contributed by atoms with E-state index in [1.54, 1.807) is 7.11 Å². The zero-order chi connectivity index (χ0) is 16.4. The van der Waals surface area contributed by atoms with Crippen LogP contribution < -0.4 is 10.1 Å². The molecule has 0 radical (unpaired) electrons. The van der Waals surface area contributed by atoms with Crippen LogP contribution in [0.4, 0.5) is 5.82 Å². The van der Waals surface area contributed by atoms with Crippen molar-refractivity contribution in [2.45, 2.75) is 13.8 Å². The molecule has 0 fully saturated rings. The monoisotopic (exact) mass is 310 g/mol. The molecule has 0 aliphatic rings. The number of nitrogens with zero attached hydrogens (tertiary/aromatic N) is 2. The summed E-state index contributed by atoms with van der Waals surface area (Å²) in [5.41, 5.74) is 2.39. The average Bonchev–Trinajstić information content (AvgIpc) is 2.97. The Labute approximate surface area is 133 Å². The van der Waals surface area contributed by atoms with Crippen molar-refractivity contribution in [1.29, 1.82) is 0 Å². The number of hydrogen-bond donors (Lipinski definition) is 2. The Hall–Kier alpha value is -2.89. The van der Waals surface area contributed by atoms with Crippen LogP contribution in [0.2, 0.25) is 0 Å². The Morgan fingerprint density at radius 3 is 2.83 bits per heavy atom. The zero-order valence-corrected chi connectivity index (χ0v) is 13.3. The van der Waals surface area contributed by atoms with Crippen LogP contribution in [0, 0.1) is 5.92 Å². The highest BCUT2D eigenvalue weighted by molar-refractivity contribution is 5.99. The van der Waals surface area contributed by atoms with Gasteiger partial charge in [0.15, 0.2) is 11.5 Å². The van der Waals surface area contributed by atoms with Gasteiger partial charge in [-0.05, 0) is 24.3 Å². The molecule has 6 heteroatoms. The molecule has 118 valence electrons. The quantitative estimate of drug-likeness (QED) is 0.775. The molecule has 0 aliphatic heterocycles. The number of ether oxygens (including phenoxy) is 1. The van der Waals surface area contributed by atoms with Gasteiger partial charge in [0.1, 0.15) is 5.75 Å². The molecule has 0 saturated heterocycles. The van der Waals surface area contributed by atoms with Gasteiger partial charge in [0.05, 0.1) is 18.2 Å². The second-order valence-corrected chi connectivity index (χ2v) is 5.54. The summed E-state index contributed by atoms with van der Waals surface area (Å²) in [5.74, 6) is 1.10. The maximum Gasteiger partial charge on any atom is 0.228 e. The van der Waals surface area contributed by atoms with Gasteiger partial charge in [0.2, 0.25) is 5.91 Å². The first-order valence-electron chi connectivity index (χ1n) is 7.39. The van der Waals surface area contributed by atoms with Crippen LogP contribution in [0.3, 0.4) is 0 Å². The average molecular weight is 310 g/mol. The first kappa shape index (κ1) is 15.0. The lowest BCUT2D eigenvalue weighted by molar-refractivity contribution is -0.118. The van der Waals surface area contributed by atoms with Crippen molar-refractivity contribution in [3.8, 4) is 17.0 Å². The Kier molecular flexibility index (Phi) is 3.97. The van der Waals surface area contributed by atoms with Crippen molar-refractivity contribution < 1.29 is 9.53 Å². The van der Waals surface area contributed by atoms with Gasteiger partial charge in [0, 0.05) is 11.5 Å². The summed E-state index contributed by atoms with van der Waals surface area (Å²) in [6.07, 6.45) is 0. The van der Waals surface area contributed by atoms with Crippen LogP contribution in [-0.4, -0.2) is 28.2 Å². The van der Waals surface area contributed by atoms with Crippen molar-refractivity contribution in [3.05, 3.63) is 36.4 Å². The summed E-state index contributed by atoms with van der Waals surface area (Å²) >= 11 is 0. The van der Waals surface area contributed by atoms with Crippen LogP contribution in [-0.2, 0) is 4.79 Å². The SMILES string of the molecule is COc1cccc(-c2ccc3c(NC(=O)C(C)C)n[nH]c3n2)c1. The lowest BCUT2D eigenvalue weighted by Gasteiger charge is -2.06. The largest absolute Gasteiger partial charge is 0.497 e. The van der Waals surface area contributed by atoms with Crippen LogP contribution in [0.1, 0.15) is 13.8 Å². The Morgan fingerprint density at radius 1 is 1.26 bits per heavy atom. The molecule has 0 saturated carbocycles. The predicted molar refractivity (Wildman–Crippen MR) is 89.3 cm³/mol. The summed E-state index contributed by atoms with van der Waals surface area (Å²) in [6, 6.07) is 11.5. The number of anilines is 1. The normalized spacial score (nSPS) is 11.0. The summed E-state index contributed by atoms with van der Waals surface area (Å²) in [5, 5.41) is 10.6. The first-order chi connectivity index (χ1) is 11.1. The molecular weight excluding hydrogens is 292 g/mol. The Balaban J connectivity index is 1.96. The number of carbonyl (C=O) groups is 1. The fraction of sp³-hybridized carbons (Fsp3) is 0.235. The van der Waals surface area contributed by atoms with Gasteiger partial charge in [-0.1, -0.05) is 26.0 Å². The van der Waals surface area contributed by atoms with Crippen molar-refractivity contribution >= 4 is 22.8 Å². The molecule has 23 heavy (non-hydrogen) atoms. The van der Waals surface area contributed by atoms with Gasteiger partial charge in [-0.15, -0.1) is 0 Å². The number of aromatic nitrogens is 3. The fourth-order valence-electron chi connectivity index (χ4n) is 2.20. The van der Waals surface area contributed by atoms with E-state index in [1.165, 1.54) is 0 Å². The van der Waals surface area contributed by atoms with Crippen LogP contribution in [0.5, 0.6) is 5.75 Å².